The molecule has 0 radical (unpaired) electrons. The van der Waals surface area contributed by atoms with E-state index in [1.807, 2.05) is 18.7 Å². The summed E-state index contributed by atoms with van der Waals surface area (Å²) in [5.41, 5.74) is 0.465. The minimum absolute atomic E-state index is 0.0364. The number of piperazine rings is 1. The number of benzene rings is 1. The van der Waals surface area contributed by atoms with E-state index >= 15 is 0 Å². The Hall–Kier alpha value is -2.19. The van der Waals surface area contributed by atoms with Crippen LogP contribution in [0.4, 0.5) is 4.39 Å². The molecule has 2 N–H and O–H groups in total. The zero-order chi connectivity index (χ0) is 20.5. The summed E-state index contributed by atoms with van der Waals surface area (Å²) >= 11 is 0. The summed E-state index contributed by atoms with van der Waals surface area (Å²) in [6, 6.07) is 4.03. The van der Waals surface area contributed by atoms with Gasteiger partial charge in [0.1, 0.15) is 11.6 Å². The van der Waals surface area contributed by atoms with Crippen molar-refractivity contribution in [3.63, 3.8) is 0 Å². The highest BCUT2D eigenvalue weighted by molar-refractivity contribution is 5.88. The molecule has 1 aliphatic rings. The van der Waals surface area contributed by atoms with Crippen LogP contribution in [0, 0.1) is 5.82 Å². The van der Waals surface area contributed by atoms with Crippen molar-refractivity contribution in [2.75, 3.05) is 33.4 Å². The van der Waals surface area contributed by atoms with Gasteiger partial charge in [0, 0.05) is 44.4 Å². The van der Waals surface area contributed by atoms with Crippen LogP contribution in [0.2, 0.25) is 0 Å². The van der Waals surface area contributed by atoms with Crippen LogP contribution < -0.4 is 15.4 Å². The van der Waals surface area contributed by atoms with Gasteiger partial charge in [-0.2, -0.15) is 0 Å². The van der Waals surface area contributed by atoms with Crippen LogP contribution >= 0.6 is 0 Å². The lowest BCUT2D eigenvalue weighted by atomic mass is 10.1. The Balaban J connectivity index is 1.91. The van der Waals surface area contributed by atoms with Gasteiger partial charge in [0.2, 0.25) is 11.8 Å². The number of halogens is 1. The summed E-state index contributed by atoms with van der Waals surface area (Å²) in [5, 5.41) is 5.60. The largest absolute Gasteiger partial charge is 0.497 e. The molecule has 0 aromatic heterocycles. The molecule has 1 fully saturated rings. The van der Waals surface area contributed by atoms with Crippen LogP contribution in [0.1, 0.15) is 32.3 Å². The Kier molecular flexibility index (Phi) is 8.66. The predicted molar refractivity (Wildman–Crippen MR) is 103 cm³/mol. The molecule has 0 bridgehead atoms. The Labute approximate surface area is 165 Å². The highest BCUT2D eigenvalue weighted by Crippen LogP contribution is 2.20. The summed E-state index contributed by atoms with van der Waals surface area (Å²) in [6.45, 7) is 6.26. The van der Waals surface area contributed by atoms with Crippen LogP contribution in [0.15, 0.2) is 18.2 Å². The summed E-state index contributed by atoms with van der Waals surface area (Å²) in [5.74, 6) is -0.362. The van der Waals surface area contributed by atoms with Gasteiger partial charge in [-0.05, 0) is 26.3 Å². The van der Waals surface area contributed by atoms with Crippen LogP contribution in [0.25, 0.3) is 0 Å². The fraction of sp³-hybridized carbons (Fsp3) is 0.600. The van der Waals surface area contributed by atoms with E-state index in [1.54, 1.807) is 12.1 Å². The molecule has 0 spiro atoms. The van der Waals surface area contributed by atoms with Gasteiger partial charge < -0.3 is 20.1 Å². The summed E-state index contributed by atoms with van der Waals surface area (Å²) < 4.78 is 24.7. The zero-order valence-corrected chi connectivity index (χ0v) is 16.8. The van der Waals surface area contributed by atoms with Crippen LogP contribution in [-0.2, 0) is 20.9 Å². The third kappa shape index (κ3) is 6.76. The normalized spacial score (nSPS) is 17.5. The number of carbonyl (C=O) groups is 2. The topological polar surface area (TPSA) is 79.9 Å². The van der Waals surface area contributed by atoms with Gasteiger partial charge in [0.25, 0.3) is 0 Å². The predicted octanol–water partition coefficient (Wildman–Crippen LogP) is 1.46. The molecule has 1 atom stereocenters. The summed E-state index contributed by atoms with van der Waals surface area (Å²) in [7, 11) is 1.48. The van der Waals surface area contributed by atoms with Crippen molar-refractivity contribution in [1.82, 2.24) is 15.5 Å². The molecule has 2 rings (SSSR count). The maximum Gasteiger partial charge on any atom is 0.237 e. The number of nitrogens with zero attached hydrogens (tertiary/aromatic N) is 1. The second kappa shape index (κ2) is 11.0. The molecule has 0 aliphatic carbocycles. The first-order chi connectivity index (χ1) is 13.4. The first kappa shape index (κ1) is 22.1. The van der Waals surface area contributed by atoms with Crippen molar-refractivity contribution in [1.29, 1.82) is 0 Å². The third-order valence-electron chi connectivity index (χ3n) is 4.55. The quantitative estimate of drug-likeness (QED) is 0.587. The molecule has 1 heterocycles. The van der Waals surface area contributed by atoms with E-state index in [2.05, 4.69) is 10.6 Å². The van der Waals surface area contributed by atoms with E-state index in [0.717, 1.165) is 0 Å². The van der Waals surface area contributed by atoms with Crippen molar-refractivity contribution in [3.05, 3.63) is 29.6 Å². The molecular formula is C20H30FN3O4. The van der Waals surface area contributed by atoms with E-state index in [9.17, 15) is 14.0 Å². The molecule has 156 valence electrons. The average Bonchev–Trinajstić information content (AvgIpc) is 2.65. The lowest BCUT2D eigenvalue weighted by Crippen LogP contribution is -2.56. The third-order valence-corrected chi connectivity index (χ3v) is 4.55. The summed E-state index contributed by atoms with van der Waals surface area (Å²) in [4.78, 5) is 26.4. The second-order valence-electron chi connectivity index (χ2n) is 7.06. The molecule has 28 heavy (non-hydrogen) atoms. The average molecular weight is 395 g/mol. The number of hydrogen-bond acceptors (Lipinski definition) is 5. The summed E-state index contributed by atoms with van der Waals surface area (Å²) in [6.07, 6.45) is 0.907. The first-order valence-electron chi connectivity index (χ1n) is 9.63. The molecule has 1 aromatic carbocycles. The lowest BCUT2D eigenvalue weighted by Gasteiger charge is -2.34. The molecule has 8 heteroatoms. The molecule has 2 amide bonds. The van der Waals surface area contributed by atoms with Crippen LogP contribution in [-0.4, -0.2) is 62.2 Å². The highest BCUT2D eigenvalue weighted by Gasteiger charge is 2.32. The van der Waals surface area contributed by atoms with Crippen molar-refractivity contribution in [3.8, 4) is 5.75 Å². The van der Waals surface area contributed by atoms with E-state index in [4.69, 9.17) is 9.47 Å². The standard InChI is InChI=1S/C20H30FN3O4/c1-14(2)28-10-4-7-22-19(25)12-18-20(26)23-8-9-24(18)13-15-5-6-16(27-3)11-17(15)21/h5-6,11,14,18H,4,7-10,12-13H2,1-3H3,(H,22,25)(H,23,26)/t18-/m0/s1. The number of rotatable bonds is 10. The van der Waals surface area contributed by atoms with Gasteiger partial charge in [-0.1, -0.05) is 6.07 Å². The number of nitrogens with one attached hydrogen (secondary N) is 2. The number of amides is 2. The lowest BCUT2D eigenvalue weighted by molar-refractivity contribution is -0.134. The molecule has 1 saturated heterocycles. The van der Waals surface area contributed by atoms with Gasteiger partial charge in [-0.15, -0.1) is 0 Å². The smallest absolute Gasteiger partial charge is 0.237 e. The van der Waals surface area contributed by atoms with Crippen LogP contribution in [0.3, 0.4) is 0 Å². The number of hydrogen-bond donors (Lipinski definition) is 2. The molecule has 0 unspecified atom stereocenters. The van der Waals surface area contributed by atoms with Gasteiger partial charge in [0.15, 0.2) is 0 Å². The monoisotopic (exact) mass is 395 g/mol. The van der Waals surface area contributed by atoms with Gasteiger partial charge in [-0.3, -0.25) is 14.5 Å². The van der Waals surface area contributed by atoms with Gasteiger partial charge in [-0.25, -0.2) is 4.39 Å². The van der Waals surface area contributed by atoms with E-state index in [1.165, 1.54) is 13.2 Å². The van der Waals surface area contributed by atoms with Gasteiger partial charge in [0.05, 0.1) is 25.7 Å². The molecule has 1 aromatic rings. The van der Waals surface area contributed by atoms with Crippen molar-refractivity contribution >= 4 is 11.8 Å². The van der Waals surface area contributed by atoms with Crippen molar-refractivity contribution in [2.45, 2.75) is 45.4 Å². The number of ether oxygens (including phenoxy) is 2. The van der Waals surface area contributed by atoms with Crippen molar-refractivity contribution < 1.29 is 23.5 Å². The Morgan fingerprint density at radius 3 is 2.89 bits per heavy atom. The number of methoxy groups -OCH3 is 1. The maximum atomic E-state index is 14.3. The minimum Gasteiger partial charge on any atom is -0.497 e. The SMILES string of the molecule is COc1ccc(CN2CCNC(=O)[C@@H]2CC(=O)NCCCOC(C)C)c(F)c1. The fourth-order valence-electron chi connectivity index (χ4n) is 3.04. The molecular weight excluding hydrogens is 365 g/mol. The second-order valence-corrected chi connectivity index (χ2v) is 7.06. The Bertz CT molecular complexity index is 669. The van der Waals surface area contributed by atoms with E-state index in [-0.39, 0.29) is 30.9 Å². The highest BCUT2D eigenvalue weighted by atomic mass is 19.1. The molecule has 0 saturated carbocycles. The maximum absolute atomic E-state index is 14.3. The van der Waals surface area contributed by atoms with Crippen molar-refractivity contribution in [2.24, 2.45) is 0 Å². The first-order valence-corrected chi connectivity index (χ1v) is 9.63. The minimum atomic E-state index is -0.623. The van der Waals surface area contributed by atoms with E-state index in [0.29, 0.717) is 44.0 Å². The molecule has 7 nitrogen and oxygen atoms in total. The Morgan fingerprint density at radius 2 is 2.21 bits per heavy atom. The van der Waals surface area contributed by atoms with Gasteiger partial charge >= 0.3 is 0 Å². The zero-order valence-electron chi connectivity index (χ0n) is 16.8. The van der Waals surface area contributed by atoms with Crippen LogP contribution in [0.5, 0.6) is 5.75 Å². The fourth-order valence-corrected chi connectivity index (χ4v) is 3.04. The molecule has 1 aliphatic heterocycles. The van der Waals surface area contributed by atoms with E-state index < -0.39 is 11.9 Å². The Morgan fingerprint density at radius 1 is 1.43 bits per heavy atom. The number of carbonyl (C=O) groups excluding carboxylic acids is 2.